The van der Waals surface area contributed by atoms with Crippen LogP contribution < -0.4 is 0 Å². The first-order valence-corrected chi connectivity index (χ1v) is 5.71. The van der Waals surface area contributed by atoms with Crippen LogP contribution in [0.2, 0.25) is 0 Å². The molecule has 0 rings (SSSR count). The second-order valence-electron chi connectivity index (χ2n) is 3.73. The maximum atomic E-state index is 3.35. The van der Waals surface area contributed by atoms with Gasteiger partial charge in [0.05, 0.1) is 0 Å². The minimum atomic E-state index is 1.17. The molecule has 0 fully saturated rings. The Morgan fingerprint density at radius 2 is 1.85 bits per heavy atom. The van der Waals surface area contributed by atoms with Crippen LogP contribution in [0.5, 0.6) is 0 Å². The highest BCUT2D eigenvalue weighted by Gasteiger charge is 1.89. The molecule has 0 atom stereocenters. The largest absolute Gasteiger partial charge is 0.126 e. The van der Waals surface area contributed by atoms with Gasteiger partial charge in [-0.15, -0.1) is 5.73 Å². The SMILES string of the molecule is CCCC=C=C(C)CCCCCC. The summed E-state index contributed by atoms with van der Waals surface area (Å²) >= 11 is 0. The third-order valence-electron chi connectivity index (χ3n) is 2.19. The minimum Gasteiger partial charge on any atom is -0.126 e. The maximum Gasteiger partial charge on any atom is -0.0247 e. The Morgan fingerprint density at radius 1 is 1.08 bits per heavy atom. The second kappa shape index (κ2) is 9.61. The summed E-state index contributed by atoms with van der Waals surface area (Å²) in [6.07, 6.45) is 11.2. The first-order valence-electron chi connectivity index (χ1n) is 5.71. The van der Waals surface area contributed by atoms with E-state index in [-0.39, 0.29) is 0 Å². The number of allylic oxidation sites excluding steroid dienone is 1. The van der Waals surface area contributed by atoms with Gasteiger partial charge in [0.25, 0.3) is 0 Å². The lowest BCUT2D eigenvalue weighted by atomic mass is 10.1. The molecule has 0 saturated carbocycles. The molecule has 0 aliphatic carbocycles. The van der Waals surface area contributed by atoms with Gasteiger partial charge < -0.3 is 0 Å². The summed E-state index contributed by atoms with van der Waals surface area (Å²) in [6.45, 7) is 6.65. The van der Waals surface area contributed by atoms with Gasteiger partial charge in [0.15, 0.2) is 0 Å². The van der Waals surface area contributed by atoms with E-state index in [1.807, 2.05) is 0 Å². The molecule has 0 aliphatic rings. The average molecular weight is 180 g/mol. The van der Waals surface area contributed by atoms with E-state index in [4.69, 9.17) is 0 Å². The Hall–Kier alpha value is -0.480. The predicted octanol–water partition coefficient (Wildman–Crippen LogP) is 4.86. The van der Waals surface area contributed by atoms with Crippen molar-refractivity contribution in [2.45, 2.75) is 65.7 Å². The molecule has 0 bridgehead atoms. The summed E-state index contributed by atoms with van der Waals surface area (Å²) in [5.74, 6) is 0. The van der Waals surface area contributed by atoms with Crippen LogP contribution in [0.1, 0.15) is 65.7 Å². The van der Waals surface area contributed by atoms with Crippen LogP contribution in [-0.2, 0) is 0 Å². The van der Waals surface area contributed by atoms with Crippen molar-refractivity contribution in [2.24, 2.45) is 0 Å². The number of hydrogen-bond donors (Lipinski definition) is 0. The molecule has 0 radical (unpaired) electrons. The van der Waals surface area contributed by atoms with Crippen molar-refractivity contribution in [3.8, 4) is 0 Å². The van der Waals surface area contributed by atoms with Crippen LogP contribution in [-0.4, -0.2) is 0 Å². The van der Waals surface area contributed by atoms with Crippen LogP contribution in [0.4, 0.5) is 0 Å². The molecule has 0 saturated heterocycles. The summed E-state index contributed by atoms with van der Waals surface area (Å²) in [5, 5.41) is 0. The number of unbranched alkanes of at least 4 members (excludes halogenated alkanes) is 4. The van der Waals surface area contributed by atoms with Crippen molar-refractivity contribution in [1.82, 2.24) is 0 Å². The van der Waals surface area contributed by atoms with E-state index in [0.29, 0.717) is 0 Å². The third kappa shape index (κ3) is 9.43. The first-order chi connectivity index (χ1) is 6.31. The Kier molecular flexibility index (Phi) is 9.25. The summed E-state index contributed by atoms with van der Waals surface area (Å²) < 4.78 is 0. The van der Waals surface area contributed by atoms with E-state index in [9.17, 15) is 0 Å². The van der Waals surface area contributed by atoms with Gasteiger partial charge in [0.1, 0.15) is 0 Å². The molecule has 0 unspecified atom stereocenters. The summed E-state index contributed by atoms with van der Waals surface area (Å²) in [5.41, 5.74) is 4.77. The molecule has 0 aromatic carbocycles. The van der Waals surface area contributed by atoms with Gasteiger partial charge >= 0.3 is 0 Å². The fraction of sp³-hybridized carbons (Fsp3) is 0.769. The minimum absolute atomic E-state index is 1.17. The maximum absolute atomic E-state index is 3.35. The molecule has 0 aromatic rings. The van der Waals surface area contributed by atoms with Gasteiger partial charge in [-0.3, -0.25) is 0 Å². The monoisotopic (exact) mass is 180 g/mol. The molecule has 0 amide bonds. The van der Waals surface area contributed by atoms with Gasteiger partial charge in [0, 0.05) is 0 Å². The van der Waals surface area contributed by atoms with Gasteiger partial charge in [-0.05, 0) is 37.8 Å². The highest BCUT2D eigenvalue weighted by molar-refractivity contribution is 4.97. The third-order valence-corrected chi connectivity index (χ3v) is 2.19. The second-order valence-corrected chi connectivity index (χ2v) is 3.73. The fourth-order valence-electron chi connectivity index (χ4n) is 1.28. The summed E-state index contributed by atoms with van der Waals surface area (Å²) in [7, 11) is 0. The molecule has 0 heterocycles. The van der Waals surface area contributed by atoms with E-state index < -0.39 is 0 Å². The highest BCUT2D eigenvalue weighted by Crippen LogP contribution is 2.08. The number of hydrogen-bond acceptors (Lipinski definition) is 0. The molecule has 0 N–H and O–H groups in total. The van der Waals surface area contributed by atoms with Gasteiger partial charge in [-0.1, -0.05) is 39.5 Å². The quantitative estimate of drug-likeness (QED) is 0.388. The molecular formula is C13H24. The zero-order valence-electron chi connectivity index (χ0n) is 9.53. The van der Waals surface area contributed by atoms with Crippen LogP contribution in [0.25, 0.3) is 0 Å². The van der Waals surface area contributed by atoms with Crippen molar-refractivity contribution in [3.05, 3.63) is 17.4 Å². The van der Waals surface area contributed by atoms with Crippen LogP contribution in [0.15, 0.2) is 17.4 Å². The fourth-order valence-corrected chi connectivity index (χ4v) is 1.28. The van der Waals surface area contributed by atoms with Gasteiger partial charge in [0.2, 0.25) is 0 Å². The van der Waals surface area contributed by atoms with E-state index in [1.165, 1.54) is 50.5 Å². The van der Waals surface area contributed by atoms with Crippen molar-refractivity contribution < 1.29 is 0 Å². The Bertz CT molecular complexity index is 159. The van der Waals surface area contributed by atoms with Gasteiger partial charge in [-0.2, -0.15) is 0 Å². The molecule has 0 aromatic heterocycles. The molecular weight excluding hydrogens is 156 g/mol. The lowest BCUT2D eigenvalue weighted by Crippen LogP contribution is -1.78. The van der Waals surface area contributed by atoms with Crippen LogP contribution in [0.3, 0.4) is 0 Å². The van der Waals surface area contributed by atoms with E-state index >= 15 is 0 Å². The van der Waals surface area contributed by atoms with Crippen LogP contribution >= 0.6 is 0 Å². The molecule has 0 aliphatic heterocycles. The van der Waals surface area contributed by atoms with E-state index in [2.05, 4.69) is 32.6 Å². The molecule has 0 spiro atoms. The predicted molar refractivity (Wildman–Crippen MR) is 60.9 cm³/mol. The standard InChI is InChI=1S/C13H24/c1-4-6-8-10-12-13(3)11-9-7-5-2/h9H,4-8,10,12H2,1-3H3. The normalized spacial score (nSPS) is 9.46. The van der Waals surface area contributed by atoms with Crippen molar-refractivity contribution in [3.63, 3.8) is 0 Å². The highest BCUT2D eigenvalue weighted by atomic mass is 13.9. The lowest BCUT2D eigenvalue weighted by molar-refractivity contribution is 0.664. The van der Waals surface area contributed by atoms with Crippen molar-refractivity contribution in [1.29, 1.82) is 0 Å². The van der Waals surface area contributed by atoms with Crippen LogP contribution in [0, 0.1) is 0 Å². The number of rotatable bonds is 7. The Balaban J connectivity index is 3.48. The molecule has 76 valence electrons. The van der Waals surface area contributed by atoms with E-state index in [0.717, 1.165) is 0 Å². The summed E-state index contributed by atoms with van der Waals surface area (Å²) in [6, 6.07) is 0. The van der Waals surface area contributed by atoms with E-state index in [1.54, 1.807) is 0 Å². The van der Waals surface area contributed by atoms with Crippen molar-refractivity contribution in [2.75, 3.05) is 0 Å². The zero-order valence-corrected chi connectivity index (χ0v) is 9.53. The lowest BCUT2D eigenvalue weighted by Gasteiger charge is -1.97. The summed E-state index contributed by atoms with van der Waals surface area (Å²) in [4.78, 5) is 0. The Labute approximate surface area is 83.7 Å². The van der Waals surface area contributed by atoms with Gasteiger partial charge in [-0.25, -0.2) is 0 Å². The molecule has 0 heteroatoms. The topological polar surface area (TPSA) is 0 Å². The molecule has 13 heavy (non-hydrogen) atoms. The zero-order chi connectivity index (χ0) is 9.94. The molecule has 0 nitrogen and oxygen atoms in total. The van der Waals surface area contributed by atoms with Crippen molar-refractivity contribution >= 4 is 0 Å². The smallest absolute Gasteiger partial charge is 0.0247 e. The first kappa shape index (κ1) is 12.5. The Morgan fingerprint density at radius 3 is 2.46 bits per heavy atom. The average Bonchev–Trinajstić information content (AvgIpc) is 2.13.